The molecule has 4 N–H and O–H groups in total. The zero-order valence-corrected chi connectivity index (χ0v) is 12.4. The maximum Gasteiger partial charge on any atom is 0.165 e. The van der Waals surface area contributed by atoms with Crippen LogP contribution in [0, 0.1) is 0 Å². The van der Waals surface area contributed by atoms with Gasteiger partial charge in [-0.1, -0.05) is 19.1 Å². The van der Waals surface area contributed by atoms with Gasteiger partial charge < -0.3 is 16.2 Å². The van der Waals surface area contributed by atoms with Crippen molar-refractivity contribution in [1.29, 1.82) is 0 Å². The van der Waals surface area contributed by atoms with Crippen molar-refractivity contribution in [2.24, 2.45) is 0 Å². The van der Waals surface area contributed by atoms with Crippen LogP contribution in [0.3, 0.4) is 0 Å². The zero-order chi connectivity index (χ0) is 15.5. The van der Waals surface area contributed by atoms with Crippen molar-refractivity contribution in [2.75, 3.05) is 17.7 Å². The largest absolute Gasteiger partial charge is 0.399 e. The van der Waals surface area contributed by atoms with E-state index in [4.69, 9.17) is 5.73 Å². The van der Waals surface area contributed by atoms with Crippen molar-refractivity contribution in [3.8, 4) is 11.1 Å². The highest BCUT2D eigenvalue weighted by molar-refractivity contribution is 5.79. The van der Waals surface area contributed by atoms with Crippen LogP contribution in [-0.2, 0) is 0 Å². The van der Waals surface area contributed by atoms with E-state index in [2.05, 4.69) is 15.4 Å². The molecule has 0 amide bonds. The molecule has 0 aliphatic heterocycles. The Bertz CT molecular complexity index is 779. The van der Waals surface area contributed by atoms with E-state index in [0.717, 1.165) is 29.0 Å². The highest BCUT2D eigenvalue weighted by atomic mass is 16.3. The topological polar surface area (TPSA) is 88.5 Å². The van der Waals surface area contributed by atoms with Gasteiger partial charge >= 0.3 is 0 Å². The van der Waals surface area contributed by atoms with Gasteiger partial charge in [-0.05, 0) is 30.2 Å². The monoisotopic (exact) mass is 297 g/mol. The maximum atomic E-state index is 9.35. The molecule has 1 aromatic carbocycles. The highest BCUT2D eigenvalue weighted by Crippen LogP contribution is 2.26. The Morgan fingerprint density at radius 3 is 2.95 bits per heavy atom. The fraction of sp³-hybridized carbons (Fsp3) is 0.250. The molecule has 6 heteroatoms. The molecule has 0 saturated heterocycles. The Morgan fingerprint density at radius 2 is 2.23 bits per heavy atom. The number of hydrogen-bond donors (Lipinski definition) is 3. The van der Waals surface area contributed by atoms with Crippen LogP contribution in [0.1, 0.15) is 13.3 Å². The average Bonchev–Trinajstić information content (AvgIpc) is 2.97. The minimum Gasteiger partial charge on any atom is -0.399 e. The second-order valence-corrected chi connectivity index (χ2v) is 5.18. The number of nitrogens with two attached hydrogens (primary N) is 1. The number of aromatic nitrogens is 3. The number of aliphatic hydroxyl groups is 1. The number of nitrogens with one attached hydrogen (secondary N) is 1. The summed E-state index contributed by atoms with van der Waals surface area (Å²) in [4.78, 5) is 4.42. The number of anilines is 2. The molecule has 0 fully saturated rings. The number of aliphatic hydroxyl groups excluding tert-OH is 1. The van der Waals surface area contributed by atoms with Gasteiger partial charge in [-0.3, -0.25) is 0 Å². The fourth-order valence-electron chi connectivity index (χ4n) is 2.40. The molecule has 0 spiro atoms. The number of hydrogen-bond acceptors (Lipinski definition) is 5. The molecule has 3 rings (SSSR count). The second-order valence-electron chi connectivity index (χ2n) is 5.18. The molecular weight excluding hydrogens is 278 g/mol. The third kappa shape index (κ3) is 2.60. The van der Waals surface area contributed by atoms with Crippen molar-refractivity contribution >= 4 is 17.2 Å². The lowest BCUT2D eigenvalue weighted by Gasteiger charge is -2.15. The summed E-state index contributed by atoms with van der Waals surface area (Å²) < 4.78 is 1.75. The lowest BCUT2D eigenvalue weighted by atomic mass is 10.1. The van der Waals surface area contributed by atoms with E-state index in [0.29, 0.717) is 5.69 Å². The molecule has 114 valence electrons. The van der Waals surface area contributed by atoms with E-state index in [-0.39, 0.29) is 12.6 Å². The van der Waals surface area contributed by atoms with E-state index < -0.39 is 0 Å². The van der Waals surface area contributed by atoms with Crippen LogP contribution in [0.2, 0.25) is 0 Å². The molecule has 0 aliphatic carbocycles. The summed E-state index contributed by atoms with van der Waals surface area (Å²) >= 11 is 0. The summed E-state index contributed by atoms with van der Waals surface area (Å²) in [6, 6.07) is 9.49. The van der Waals surface area contributed by atoms with Crippen molar-refractivity contribution in [2.45, 2.75) is 19.4 Å². The van der Waals surface area contributed by atoms with Crippen molar-refractivity contribution in [1.82, 2.24) is 14.6 Å². The van der Waals surface area contributed by atoms with Gasteiger partial charge in [-0.2, -0.15) is 9.61 Å². The fourth-order valence-corrected chi connectivity index (χ4v) is 2.40. The quantitative estimate of drug-likeness (QED) is 0.628. The molecule has 0 saturated carbocycles. The summed E-state index contributed by atoms with van der Waals surface area (Å²) in [5.41, 5.74) is 9.22. The van der Waals surface area contributed by atoms with Gasteiger partial charge in [0, 0.05) is 17.4 Å². The van der Waals surface area contributed by atoms with Gasteiger partial charge in [0.05, 0.1) is 18.8 Å². The Morgan fingerprint density at radius 1 is 1.36 bits per heavy atom. The van der Waals surface area contributed by atoms with Crippen LogP contribution in [0.15, 0.2) is 42.7 Å². The normalized spacial score (nSPS) is 12.5. The summed E-state index contributed by atoms with van der Waals surface area (Å²) in [6.07, 6.45) is 4.34. The molecule has 0 radical (unpaired) electrons. The van der Waals surface area contributed by atoms with Crippen LogP contribution in [0.4, 0.5) is 11.5 Å². The maximum absolute atomic E-state index is 9.35. The summed E-state index contributed by atoms with van der Waals surface area (Å²) in [6.45, 7) is 2.09. The first-order valence-corrected chi connectivity index (χ1v) is 7.29. The van der Waals surface area contributed by atoms with Crippen molar-refractivity contribution in [3.63, 3.8) is 0 Å². The third-order valence-electron chi connectivity index (χ3n) is 3.66. The molecule has 2 heterocycles. The number of rotatable bonds is 5. The molecule has 6 nitrogen and oxygen atoms in total. The SMILES string of the molecule is CCC(CO)Nc1ccnc2c(-c3cccc(N)c3)cnn12. The molecule has 22 heavy (non-hydrogen) atoms. The molecular formula is C16H19N5O. The van der Waals surface area contributed by atoms with Gasteiger partial charge in [0.15, 0.2) is 5.65 Å². The van der Waals surface area contributed by atoms with Crippen molar-refractivity contribution in [3.05, 3.63) is 42.7 Å². The average molecular weight is 297 g/mol. The number of nitrogen functional groups attached to an aromatic ring is 1. The van der Waals surface area contributed by atoms with Crippen LogP contribution in [0.25, 0.3) is 16.8 Å². The zero-order valence-electron chi connectivity index (χ0n) is 12.4. The smallest absolute Gasteiger partial charge is 0.165 e. The standard InChI is InChI=1S/C16H19N5O/c1-2-13(10-22)20-15-6-7-18-16-14(9-19-21(15)16)11-4-3-5-12(17)8-11/h3-9,13,20,22H,2,10,17H2,1H3. The molecule has 1 atom stereocenters. The van der Waals surface area contributed by atoms with Gasteiger partial charge in [-0.25, -0.2) is 4.98 Å². The van der Waals surface area contributed by atoms with E-state index in [9.17, 15) is 5.11 Å². The van der Waals surface area contributed by atoms with Gasteiger partial charge in [0.2, 0.25) is 0 Å². The Labute approximate surface area is 128 Å². The lowest BCUT2D eigenvalue weighted by Crippen LogP contribution is -2.24. The minimum absolute atomic E-state index is 0.00869. The summed E-state index contributed by atoms with van der Waals surface area (Å²) in [5.74, 6) is 0.807. The first-order valence-electron chi connectivity index (χ1n) is 7.29. The first kappa shape index (κ1) is 14.3. The van der Waals surface area contributed by atoms with Crippen LogP contribution >= 0.6 is 0 Å². The van der Waals surface area contributed by atoms with Gasteiger partial charge in [-0.15, -0.1) is 0 Å². The predicted molar refractivity (Wildman–Crippen MR) is 87.6 cm³/mol. The highest BCUT2D eigenvalue weighted by Gasteiger charge is 2.12. The van der Waals surface area contributed by atoms with E-state index in [1.54, 1.807) is 16.9 Å². The predicted octanol–water partition coefficient (Wildman–Crippen LogP) is 2.16. The molecule has 1 unspecified atom stereocenters. The Hall–Kier alpha value is -2.60. The Balaban J connectivity index is 2.05. The molecule has 3 aromatic rings. The van der Waals surface area contributed by atoms with E-state index in [1.165, 1.54) is 0 Å². The summed E-state index contributed by atoms with van der Waals surface area (Å²) in [7, 11) is 0. The minimum atomic E-state index is -0.00869. The number of fused-ring (bicyclic) bond motifs is 1. The van der Waals surface area contributed by atoms with Crippen molar-refractivity contribution < 1.29 is 5.11 Å². The van der Waals surface area contributed by atoms with Gasteiger partial charge in [0.1, 0.15) is 5.82 Å². The number of benzene rings is 1. The van der Waals surface area contributed by atoms with Gasteiger partial charge in [0.25, 0.3) is 0 Å². The summed E-state index contributed by atoms with van der Waals surface area (Å²) in [5, 5.41) is 17.1. The van der Waals surface area contributed by atoms with Crippen LogP contribution in [-0.4, -0.2) is 32.4 Å². The lowest BCUT2D eigenvalue weighted by molar-refractivity contribution is 0.271. The third-order valence-corrected chi connectivity index (χ3v) is 3.66. The molecule has 0 aliphatic rings. The van der Waals surface area contributed by atoms with E-state index >= 15 is 0 Å². The van der Waals surface area contributed by atoms with E-state index in [1.807, 2.05) is 37.3 Å². The first-order chi connectivity index (χ1) is 10.7. The molecule has 2 aromatic heterocycles. The van der Waals surface area contributed by atoms with Crippen LogP contribution in [0.5, 0.6) is 0 Å². The van der Waals surface area contributed by atoms with Crippen LogP contribution < -0.4 is 11.1 Å². The second kappa shape index (κ2) is 6.03. The number of nitrogens with zero attached hydrogens (tertiary/aromatic N) is 3. The Kier molecular flexibility index (Phi) is 3.93. The molecule has 0 bridgehead atoms.